The van der Waals surface area contributed by atoms with Crippen LogP contribution >= 0.6 is 0 Å². The van der Waals surface area contributed by atoms with Crippen LogP contribution in [-0.2, 0) is 4.79 Å². The molecular formula is C19H28N6O3. The fourth-order valence-corrected chi connectivity index (χ4v) is 3.44. The molecule has 152 valence electrons. The second-order valence-corrected chi connectivity index (χ2v) is 6.71. The third kappa shape index (κ3) is 4.65. The van der Waals surface area contributed by atoms with Crippen LogP contribution in [0.5, 0.6) is 5.75 Å². The second-order valence-electron chi connectivity index (χ2n) is 6.71. The molecule has 0 saturated carbocycles. The first kappa shape index (κ1) is 19.8. The van der Waals surface area contributed by atoms with Crippen LogP contribution in [0.1, 0.15) is 13.3 Å². The molecule has 9 heteroatoms. The first-order valence-electron chi connectivity index (χ1n) is 9.63. The number of aliphatic imine (C=N–C) groups is 1. The van der Waals surface area contributed by atoms with Crippen molar-refractivity contribution < 1.29 is 14.3 Å². The van der Waals surface area contributed by atoms with Crippen molar-refractivity contribution in [2.45, 2.75) is 19.4 Å². The zero-order valence-corrected chi connectivity index (χ0v) is 16.4. The molecule has 2 fully saturated rings. The summed E-state index contributed by atoms with van der Waals surface area (Å²) in [5, 5.41) is 9.19. The Morgan fingerprint density at radius 2 is 2.18 bits per heavy atom. The maximum atomic E-state index is 11.6. The molecule has 0 aliphatic carbocycles. The number of guanidine groups is 1. The number of imide groups is 1. The van der Waals surface area contributed by atoms with Crippen LogP contribution in [-0.4, -0.2) is 75.2 Å². The minimum atomic E-state index is -0.346. The maximum absolute atomic E-state index is 11.6. The topological polar surface area (TPSA) is 98.3 Å². The van der Waals surface area contributed by atoms with Crippen molar-refractivity contribution in [2.75, 3.05) is 51.3 Å². The molecule has 1 atom stereocenters. The number of urea groups is 1. The predicted octanol–water partition coefficient (Wildman–Crippen LogP) is 0.381. The molecule has 1 aromatic rings. The molecule has 0 radical (unpaired) electrons. The average Bonchev–Trinajstić information content (AvgIpc) is 3.29. The van der Waals surface area contributed by atoms with Crippen LogP contribution in [0.3, 0.4) is 0 Å². The van der Waals surface area contributed by atoms with Crippen LogP contribution in [0.4, 0.5) is 10.5 Å². The molecule has 28 heavy (non-hydrogen) atoms. The van der Waals surface area contributed by atoms with Crippen LogP contribution in [0, 0.1) is 0 Å². The Bertz CT molecular complexity index is 722. The highest BCUT2D eigenvalue weighted by atomic mass is 16.5. The van der Waals surface area contributed by atoms with E-state index in [0.717, 1.165) is 37.5 Å². The van der Waals surface area contributed by atoms with Gasteiger partial charge in [0.1, 0.15) is 5.75 Å². The summed E-state index contributed by atoms with van der Waals surface area (Å²) in [5.41, 5.74) is 1.09. The number of carbonyl (C=O) groups excluding carboxylic acids is 2. The minimum Gasteiger partial charge on any atom is -0.495 e. The Morgan fingerprint density at radius 3 is 2.89 bits per heavy atom. The van der Waals surface area contributed by atoms with E-state index in [1.54, 1.807) is 7.11 Å². The number of para-hydroxylation sites is 2. The van der Waals surface area contributed by atoms with E-state index in [1.807, 2.05) is 25.1 Å². The lowest BCUT2D eigenvalue weighted by molar-refractivity contribution is -0.124. The number of carbonyl (C=O) groups is 2. The highest BCUT2D eigenvalue weighted by Gasteiger charge is 2.28. The number of nitrogens with one attached hydrogen (secondary N) is 3. The summed E-state index contributed by atoms with van der Waals surface area (Å²) in [4.78, 5) is 31.2. The average molecular weight is 388 g/mol. The van der Waals surface area contributed by atoms with Crippen molar-refractivity contribution in [3.63, 3.8) is 0 Å². The van der Waals surface area contributed by atoms with Gasteiger partial charge in [-0.3, -0.25) is 14.7 Å². The molecule has 2 heterocycles. The first-order valence-corrected chi connectivity index (χ1v) is 9.63. The van der Waals surface area contributed by atoms with Crippen molar-refractivity contribution >= 4 is 23.6 Å². The van der Waals surface area contributed by atoms with Crippen LogP contribution in [0.2, 0.25) is 0 Å². The van der Waals surface area contributed by atoms with Gasteiger partial charge >= 0.3 is 6.03 Å². The largest absolute Gasteiger partial charge is 0.495 e. The van der Waals surface area contributed by atoms with Crippen LogP contribution < -0.4 is 25.6 Å². The van der Waals surface area contributed by atoms with Crippen LogP contribution in [0.15, 0.2) is 29.3 Å². The Hall–Kier alpha value is -2.97. The summed E-state index contributed by atoms with van der Waals surface area (Å²) in [6.45, 7) is 5.22. The number of hydrogen-bond acceptors (Lipinski definition) is 5. The lowest BCUT2D eigenvalue weighted by Gasteiger charge is -2.22. The summed E-state index contributed by atoms with van der Waals surface area (Å²) in [6, 6.07) is 7.92. The number of benzene rings is 1. The number of rotatable bonds is 7. The molecular weight excluding hydrogens is 360 g/mol. The van der Waals surface area contributed by atoms with E-state index in [0.29, 0.717) is 12.5 Å². The molecule has 3 rings (SSSR count). The molecule has 0 aromatic heterocycles. The molecule has 2 saturated heterocycles. The maximum Gasteiger partial charge on any atom is 0.324 e. The summed E-state index contributed by atoms with van der Waals surface area (Å²) < 4.78 is 5.47. The fourth-order valence-electron chi connectivity index (χ4n) is 3.44. The Labute approximate surface area is 165 Å². The van der Waals surface area contributed by atoms with Gasteiger partial charge in [0.2, 0.25) is 5.91 Å². The van der Waals surface area contributed by atoms with E-state index >= 15 is 0 Å². The van der Waals surface area contributed by atoms with Gasteiger partial charge in [-0.2, -0.15) is 0 Å². The van der Waals surface area contributed by atoms with Gasteiger partial charge in [-0.25, -0.2) is 4.79 Å². The van der Waals surface area contributed by atoms with Gasteiger partial charge < -0.3 is 25.6 Å². The lowest BCUT2D eigenvalue weighted by Crippen LogP contribution is -2.45. The van der Waals surface area contributed by atoms with Gasteiger partial charge in [0.15, 0.2) is 5.96 Å². The van der Waals surface area contributed by atoms with E-state index in [-0.39, 0.29) is 31.1 Å². The number of hydrogen-bond donors (Lipinski definition) is 3. The van der Waals surface area contributed by atoms with Crippen molar-refractivity contribution in [3.8, 4) is 5.75 Å². The molecule has 3 N–H and O–H groups in total. The molecule has 3 amide bonds. The van der Waals surface area contributed by atoms with Gasteiger partial charge in [-0.05, 0) is 25.5 Å². The minimum absolute atomic E-state index is 0.0712. The zero-order chi connectivity index (χ0) is 19.9. The molecule has 0 spiro atoms. The molecule has 9 nitrogen and oxygen atoms in total. The fraction of sp³-hybridized carbons (Fsp3) is 0.526. The van der Waals surface area contributed by atoms with Crippen molar-refractivity contribution in [1.82, 2.24) is 20.9 Å². The van der Waals surface area contributed by atoms with Gasteiger partial charge in [-0.1, -0.05) is 12.1 Å². The Balaban J connectivity index is 1.55. The number of methoxy groups -OCH3 is 1. The molecule has 2 aliphatic heterocycles. The van der Waals surface area contributed by atoms with Crippen molar-refractivity contribution in [3.05, 3.63) is 24.3 Å². The zero-order valence-electron chi connectivity index (χ0n) is 16.4. The van der Waals surface area contributed by atoms with Gasteiger partial charge in [0, 0.05) is 25.7 Å². The number of nitrogens with zero attached hydrogens (tertiary/aromatic N) is 3. The quantitative estimate of drug-likeness (QED) is 0.355. The van der Waals surface area contributed by atoms with E-state index < -0.39 is 0 Å². The van der Waals surface area contributed by atoms with Crippen molar-refractivity contribution in [2.24, 2.45) is 4.99 Å². The summed E-state index contributed by atoms with van der Waals surface area (Å²) in [6.07, 6.45) is 0.982. The second kappa shape index (κ2) is 9.29. The smallest absolute Gasteiger partial charge is 0.324 e. The van der Waals surface area contributed by atoms with Gasteiger partial charge in [0.05, 0.1) is 32.4 Å². The van der Waals surface area contributed by atoms with E-state index in [1.165, 1.54) is 4.90 Å². The standard InChI is InChI=1S/C19H28N6O3/c1-3-20-18(21-9-11-25-17(26)12-22-19(25)27)23-14-8-10-24(13-14)15-6-4-5-7-16(15)28-2/h4-7,14H,3,8-13H2,1-2H3,(H,22,27)(H2,20,21,23). The van der Waals surface area contributed by atoms with E-state index in [4.69, 9.17) is 4.74 Å². The molecule has 1 unspecified atom stereocenters. The molecule has 0 bridgehead atoms. The molecule has 1 aromatic carbocycles. The Kier molecular flexibility index (Phi) is 6.57. The monoisotopic (exact) mass is 388 g/mol. The molecule has 2 aliphatic rings. The highest BCUT2D eigenvalue weighted by molar-refractivity contribution is 6.01. The van der Waals surface area contributed by atoms with E-state index in [9.17, 15) is 9.59 Å². The summed E-state index contributed by atoms with van der Waals surface area (Å²) in [5.74, 6) is 1.36. The van der Waals surface area contributed by atoms with E-state index in [2.05, 4.69) is 31.9 Å². The number of amides is 3. The first-order chi connectivity index (χ1) is 13.6. The highest BCUT2D eigenvalue weighted by Crippen LogP contribution is 2.30. The summed E-state index contributed by atoms with van der Waals surface area (Å²) in [7, 11) is 1.69. The third-order valence-electron chi connectivity index (χ3n) is 4.83. The number of ether oxygens (including phenoxy) is 1. The van der Waals surface area contributed by atoms with Crippen LogP contribution in [0.25, 0.3) is 0 Å². The van der Waals surface area contributed by atoms with Gasteiger partial charge in [0.25, 0.3) is 0 Å². The predicted molar refractivity (Wildman–Crippen MR) is 108 cm³/mol. The third-order valence-corrected chi connectivity index (χ3v) is 4.83. The lowest BCUT2D eigenvalue weighted by atomic mass is 10.2. The number of anilines is 1. The summed E-state index contributed by atoms with van der Waals surface area (Å²) >= 11 is 0. The Morgan fingerprint density at radius 1 is 1.36 bits per heavy atom. The SMILES string of the molecule is CCNC(=NCCN1C(=O)CNC1=O)NC1CCN(c2ccccc2OC)C1. The normalized spacial score (nSPS) is 19.8. The van der Waals surface area contributed by atoms with Crippen molar-refractivity contribution in [1.29, 1.82) is 0 Å². The van der Waals surface area contributed by atoms with Gasteiger partial charge in [-0.15, -0.1) is 0 Å².